The van der Waals surface area contributed by atoms with E-state index in [-0.39, 0.29) is 23.7 Å². The molecule has 0 bridgehead atoms. The highest BCUT2D eigenvalue weighted by Crippen LogP contribution is 2.44. The smallest absolute Gasteiger partial charge is 0.255 e. The van der Waals surface area contributed by atoms with Crippen molar-refractivity contribution >= 4 is 17.5 Å². The van der Waals surface area contributed by atoms with Crippen LogP contribution in [0.15, 0.2) is 48.5 Å². The summed E-state index contributed by atoms with van der Waals surface area (Å²) in [5.41, 5.74) is 7.44. The van der Waals surface area contributed by atoms with Crippen LogP contribution in [0.5, 0.6) is 0 Å². The number of anilines is 1. The number of fused-ring (bicyclic) bond motifs is 1. The van der Waals surface area contributed by atoms with Gasteiger partial charge in [-0.15, -0.1) is 0 Å². The minimum absolute atomic E-state index is 0.00388. The van der Waals surface area contributed by atoms with Gasteiger partial charge in [0, 0.05) is 35.9 Å². The van der Waals surface area contributed by atoms with Crippen molar-refractivity contribution in [2.75, 3.05) is 18.4 Å². The summed E-state index contributed by atoms with van der Waals surface area (Å²) in [6, 6.07) is 12.4. The lowest BCUT2D eigenvalue weighted by atomic mass is 10.1. The van der Waals surface area contributed by atoms with Crippen LogP contribution in [-0.4, -0.2) is 35.8 Å². The molecule has 1 saturated heterocycles. The molecular formula is C19H18FN3O2. The van der Waals surface area contributed by atoms with Gasteiger partial charge in [0.2, 0.25) is 0 Å². The van der Waals surface area contributed by atoms with Crippen molar-refractivity contribution in [3.05, 3.63) is 65.5 Å². The quantitative estimate of drug-likeness (QED) is 0.899. The Balaban J connectivity index is 1.39. The highest BCUT2D eigenvalue weighted by atomic mass is 19.1. The van der Waals surface area contributed by atoms with Crippen molar-refractivity contribution in [3.63, 3.8) is 0 Å². The summed E-state index contributed by atoms with van der Waals surface area (Å²) in [5, 5.41) is 2.73. The number of nitrogens with zero attached hydrogens (tertiary/aromatic N) is 1. The first-order chi connectivity index (χ1) is 12.0. The fourth-order valence-electron chi connectivity index (χ4n) is 3.42. The number of hydrogen-bond acceptors (Lipinski definition) is 3. The van der Waals surface area contributed by atoms with Gasteiger partial charge in [0.25, 0.3) is 11.8 Å². The maximum absolute atomic E-state index is 12.9. The third-order valence-electron chi connectivity index (χ3n) is 5.04. The molecule has 0 radical (unpaired) electrons. The molecule has 25 heavy (non-hydrogen) atoms. The Hall–Kier alpha value is -2.73. The first-order valence-corrected chi connectivity index (χ1v) is 8.25. The van der Waals surface area contributed by atoms with E-state index in [2.05, 4.69) is 5.32 Å². The highest BCUT2D eigenvalue weighted by Gasteiger charge is 2.54. The predicted octanol–water partition coefficient (Wildman–Crippen LogP) is 2.11. The molecule has 2 fully saturated rings. The average molecular weight is 339 g/mol. The van der Waals surface area contributed by atoms with Crippen molar-refractivity contribution in [2.24, 2.45) is 17.6 Å². The molecule has 2 atom stereocenters. The second kappa shape index (κ2) is 5.97. The van der Waals surface area contributed by atoms with Gasteiger partial charge in [0.05, 0.1) is 0 Å². The minimum atomic E-state index is -0.389. The van der Waals surface area contributed by atoms with Gasteiger partial charge in [-0.3, -0.25) is 9.59 Å². The number of benzene rings is 2. The topological polar surface area (TPSA) is 75.4 Å². The first-order valence-electron chi connectivity index (χ1n) is 8.25. The molecular weight excluding hydrogens is 321 g/mol. The van der Waals surface area contributed by atoms with Crippen LogP contribution in [0.3, 0.4) is 0 Å². The normalized spacial score (nSPS) is 23.9. The molecule has 0 spiro atoms. The zero-order valence-electron chi connectivity index (χ0n) is 13.5. The van der Waals surface area contributed by atoms with Gasteiger partial charge in [-0.25, -0.2) is 4.39 Å². The van der Waals surface area contributed by atoms with Gasteiger partial charge in [-0.2, -0.15) is 0 Å². The van der Waals surface area contributed by atoms with Crippen LogP contribution in [0.2, 0.25) is 0 Å². The zero-order valence-corrected chi connectivity index (χ0v) is 13.5. The van der Waals surface area contributed by atoms with Gasteiger partial charge in [0.15, 0.2) is 0 Å². The van der Waals surface area contributed by atoms with Crippen molar-refractivity contribution in [3.8, 4) is 0 Å². The molecule has 1 aliphatic heterocycles. The molecule has 3 N–H and O–H groups in total. The van der Waals surface area contributed by atoms with Gasteiger partial charge < -0.3 is 16.0 Å². The number of nitrogens with two attached hydrogens (primary N) is 1. The molecule has 2 amide bonds. The SMILES string of the molecule is NC1C2CN(C(=O)c3ccc(NC(=O)c4ccc(F)cc4)cc3)CC12. The number of likely N-dealkylation sites (tertiary alicyclic amines) is 1. The van der Waals surface area contributed by atoms with E-state index in [0.717, 1.165) is 13.1 Å². The maximum atomic E-state index is 12.9. The molecule has 5 nitrogen and oxygen atoms in total. The molecule has 6 heteroatoms. The molecule has 2 unspecified atom stereocenters. The molecule has 0 aromatic heterocycles. The number of hydrogen-bond donors (Lipinski definition) is 2. The van der Waals surface area contributed by atoms with Crippen molar-refractivity contribution in [1.29, 1.82) is 0 Å². The Morgan fingerprint density at radius 1 is 0.960 bits per heavy atom. The van der Waals surface area contributed by atoms with Crippen LogP contribution in [-0.2, 0) is 0 Å². The number of carbonyl (C=O) groups excluding carboxylic acids is 2. The predicted molar refractivity (Wildman–Crippen MR) is 91.7 cm³/mol. The summed E-state index contributed by atoms with van der Waals surface area (Å²) >= 11 is 0. The molecule has 1 aliphatic carbocycles. The molecule has 1 saturated carbocycles. The third-order valence-corrected chi connectivity index (χ3v) is 5.04. The zero-order chi connectivity index (χ0) is 17.6. The van der Waals surface area contributed by atoms with E-state index in [1.807, 2.05) is 4.90 Å². The Bertz CT molecular complexity index is 808. The Kier molecular flexibility index (Phi) is 3.77. The largest absolute Gasteiger partial charge is 0.338 e. The second-order valence-corrected chi connectivity index (χ2v) is 6.65. The Labute approximate surface area is 144 Å². The van der Waals surface area contributed by atoms with Gasteiger partial charge >= 0.3 is 0 Å². The van der Waals surface area contributed by atoms with Crippen molar-refractivity contribution < 1.29 is 14.0 Å². The molecule has 2 aromatic rings. The molecule has 2 aliphatic rings. The Morgan fingerprint density at radius 2 is 1.52 bits per heavy atom. The van der Waals surface area contributed by atoms with E-state index in [4.69, 9.17) is 5.73 Å². The molecule has 2 aromatic carbocycles. The summed E-state index contributed by atoms with van der Waals surface area (Å²) in [7, 11) is 0. The van der Waals surface area contributed by atoms with Crippen molar-refractivity contribution in [1.82, 2.24) is 4.90 Å². The van der Waals surface area contributed by atoms with Crippen molar-refractivity contribution in [2.45, 2.75) is 6.04 Å². The summed E-state index contributed by atoms with van der Waals surface area (Å²) in [4.78, 5) is 26.4. The summed E-state index contributed by atoms with van der Waals surface area (Å²) in [6.45, 7) is 1.46. The lowest BCUT2D eigenvalue weighted by molar-refractivity contribution is 0.0773. The monoisotopic (exact) mass is 339 g/mol. The minimum Gasteiger partial charge on any atom is -0.338 e. The second-order valence-electron chi connectivity index (χ2n) is 6.65. The maximum Gasteiger partial charge on any atom is 0.255 e. The number of amides is 2. The fourth-order valence-corrected chi connectivity index (χ4v) is 3.42. The lowest BCUT2D eigenvalue weighted by Crippen LogP contribution is -2.33. The number of nitrogens with one attached hydrogen (secondary N) is 1. The van der Waals surface area contributed by atoms with Crippen LogP contribution in [0.4, 0.5) is 10.1 Å². The number of rotatable bonds is 3. The van der Waals surface area contributed by atoms with E-state index >= 15 is 0 Å². The van der Waals surface area contributed by atoms with E-state index in [0.29, 0.717) is 28.7 Å². The van der Waals surface area contributed by atoms with Crippen LogP contribution in [0.25, 0.3) is 0 Å². The first kappa shape index (κ1) is 15.8. The highest BCUT2D eigenvalue weighted by molar-refractivity contribution is 6.04. The van der Waals surface area contributed by atoms with Gasteiger partial charge in [-0.1, -0.05) is 0 Å². The van der Waals surface area contributed by atoms with Crippen LogP contribution < -0.4 is 11.1 Å². The van der Waals surface area contributed by atoms with Crippen LogP contribution in [0, 0.1) is 17.7 Å². The molecule has 4 rings (SSSR count). The van der Waals surface area contributed by atoms with Crippen LogP contribution in [0.1, 0.15) is 20.7 Å². The van der Waals surface area contributed by atoms with E-state index in [1.165, 1.54) is 24.3 Å². The van der Waals surface area contributed by atoms with Gasteiger partial charge in [-0.05, 0) is 60.4 Å². The van der Waals surface area contributed by atoms with E-state index in [1.54, 1.807) is 24.3 Å². The molecule has 128 valence electrons. The number of piperidine rings is 1. The van der Waals surface area contributed by atoms with E-state index < -0.39 is 0 Å². The third kappa shape index (κ3) is 3.00. The average Bonchev–Trinajstić information content (AvgIpc) is 3.03. The number of halogens is 1. The Morgan fingerprint density at radius 3 is 2.12 bits per heavy atom. The summed E-state index contributed by atoms with van der Waals surface area (Å²) in [6.07, 6.45) is 0. The lowest BCUT2D eigenvalue weighted by Gasteiger charge is -2.19. The van der Waals surface area contributed by atoms with Gasteiger partial charge in [0.1, 0.15) is 5.82 Å². The standard InChI is InChI=1S/C19H18FN3O2/c20-13-5-1-11(2-6-13)18(24)22-14-7-3-12(4-8-14)19(25)23-9-15-16(10-23)17(15)21/h1-8,15-17H,9-10,21H2,(H,22,24). The number of carbonyl (C=O) groups is 2. The van der Waals surface area contributed by atoms with E-state index in [9.17, 15) is 14.0 Å². The molecule has 1 heterocycles. The summed E-state index contributed by atoms with van der Waals surface area (Å²) in [5.74, 6) is 0.194. The summed E-state index contributed by atoms with van der Waals surface area (Å²) < 4.78 is 12.9. The van der Waals surface area contributed by atoms with Crippen LogP contribution >= 0.6 is 0 Å². The fraction of sp³-hybridized carbons (Fsp3) is 0.263.